The Morgan fingerprint density at radius 2 is 1.57 bits per heavy atom. The quantitative estimate of drug-likeness (QED) is 0.335. The Morgan fingerprint density at radius 3 is 2.14 bits per heavy atom. The molecular weight excluding hydrogens is 463 g/mol. The van der Waals surface area contributed by atoms with Crippen LogP contribution in [0, 0.1) is 0 Å². The summed E-state index contributed by atoms with van der Waals surface area (Å²) in [5.74, 6) is 0.854. The number of carbonyl (C=O) groups is 1. The third-order valence-corrected chi connectivity index (χ3v) is 4.48. The molecule has 5 nitrogen and oxygen atoms in total. The predicted octanol–water partition coefficient (Wildman–Crippen LogP) is 3.69. The van der Waals surface area contributed by atoms with Gasteiger partial charge in [-0.15, -0.1) is 24.0 Å². The van der Waals surface area contributed by atoms with Crippen LogP contribution in [0.3, 0.4) is 0 Å². The van der Waals surface area contributed by atoms with E-state index in [1.807, 2.05) is 49.1 Å². The van der Waals surface area contributed by atoms with Gasteiger partial charge in [-0.05, 0) is 43.5 Å². The highest BCUT2D eigenvalue weighted by Crippen LogP contribution is 2.08. The van der Waals surface area contributed by atoms with Gasteiger partial charge < -0.3 is 15.5 Å². The second kappa shape index (κ2) is 13.1. The van der Waals surface area contributed by atoms with Crippen LogP contribution in [0.25, 0.3) is 0 Å². The first-order valence-electron chi connectivity index (χ1n) is 9.54. The molecule has 2 aromatic carbocycles. The van der Waals surface area contributed by atoms with Gasteiger partial charge in [0.25, 0.3) is 5.91 Å². The molecule has 0 aliphatic carbocycles. The van der Waals surface area contributed by atoms with E-state index >= 15 is 0 Å². The molecule has 0 aliphatic heterocycles. The summed E-state index contributed by atoms with van der Waals surface area (Å²) in [4.78, 5) is 18.4. The van der Waals surface area contributed by atoms with Gasteiger partial charge in [-0.25, -0.2) is 0 Å². The lowest BCUT2D eigenvalue weighted by atomic mass is 10.1. The van der Waals surface area contributed by atoms with Gasteiger partial charge in [0, 0.05) is 38.8 Å². The third kappa shape index (κ3) is 7.50. The lowest BCUT2D eigenvalue weighted by Crippen LogP contribution is -2.37. The van der Waals surface area contributed by atoms with E-state index < -0.39 is 0 Å². The van der Waals surface area contributed by atoms with Crippen LogP contribution < -0.4 is 10.6 Å². The van der Waals surface area contributed by atoms with E-state index in [1.54, 1.807) is 7.05 Å². The zero-order chi connectivity index (χ0) is 19.5. The van der Waals surface area contributed by atoms with Crippen LogP contribution in [0.15, 0.2) is 59.6 Å². The Morgan fingerprint density at radius 1 is 0.929 bits per heavy atom. The fraction of sp³-hybridized carbons (Fsp3) is 0.364. The summed E-state index contributed by atoms with van der Waals surface area (Å²) in [6, 6.07) is 18.1. The van der Waals surface area contributed by atoms with Crippen LogP contribution in [0.4, 0.5) is 0 Å². The molecule has 0 aromatic heterocycles. The highest BCUT2D eigenvalue weighted by atomic mass is 127. The first-order valence-corrected chi connectivity index (χ1v) is 9.54. The standard InChI is InChI=1S/C22H30N4O.HI/c1-4-26(5-2)21(27)20-13-11-19(12-14-20)17-25-22(23-3)24-16-15-18-9-7-6-8-10-18;/h6-14H,4-5,15-17H2,1-3H3,(H2,23,24,25);1H. The van der Waals surface area contributed by atoms with Gasteiger partial charge in [0.1, 0.15) is 0 Å². The van der Waals surface area contributed by atoms with Crippen molar-refractivity contribution in [2.45, 2.75) is 26.8 Å². The van der Waals surface area contributed by atoms with Crippen molar-refractivity contribution in [2.24, 2.45) is 4.99 Å². The van der Waals surface area contributed by atoms with Crippen LogP contribution in [-0.4, -0.2) is 43.4 Å². The largest absolute Gasteiger partial charge is 0.356 e. The summed E-state index contributed by atoms with van der Waals surface area (Å²) < 4.78 is 0. The Bertz CT molecular complexity index is 728. The lowest BCUT2D eigenvalue weighted by molar-refractivity contribution is 0.0773. The summed E-state index contributed by atoms with van der Waals surface area (Å²) in [5, 5.41) is 6.64. The molecule has 2 N–H and O–H groups in total. The van der Waals surface area contributed by atoms with Crippen molar-refractivity contribution in [3.8, 4) is 0 Å². The molecular formula is C22H31IN4O. The molecule has 0 bridgehead atoms. The zero-order valence-electron chi connectivity index (χ0n) is 16.9. The van der Waals surface area contributed by atoms with Crippen LogP contribution in [0.1, 0.15) is 35.3 Å². The first kappa shape index (κ1) is 23.9. The topological polar surface area (TPSA) is 56.7 Å². The second-order valence-corrected chi connectivity index (χ2v) is 6.26. The average Bonchev–Trinajstić information content (AvgIpc) is 2.72. The van der Waals surface area contributed by atoms with E-state index in [0.29, 0.717) is 6.54 Å². The number of rotatable bonds is 8. The number of hydrogen-bond donors (Lipinski definition) is 2. The molecule has 28 heavy (non-hydrogen) atoms. The van der Waals surface area contributed by atoms with Gasteiger partial charge >= 0.3 is 0 Å². The molecule has 2 rings (SSSR count). The maximum Gasteiger partial charge on any atom is 0.253 e. The maximum atomic E-state index is 12.3. The number of hydrogen-bond acceptors (Lipinski definition) is 2. The Balaban J connectivity index is 0.00000392. The summed E-state index contributed by atoms with van der Waals surface area (Å²) in [7, 11) is 1.77. The van der Waals surface area contributed by atoms with Crippen LogP contribution in [-0.2, 0) is 13.0 Å². The fourth-order valence-corrected chi connectivity index (χ4v) is 2.83. The van der Waals surface area contributed by atoms with E-state index in [-0.39, 0.29) is 29.9 Å². The molecule has 6 heteroatoms. The molecule has 0 spiro atoms. The Labute approximate surface area is 185 Å². The summed E-state index contributed by atoms with van der Waals surface area (Å²) >= 11 is 0. The Kier molecular flexibility index (Phi) is 11.2. The van der Waals surface area contributed by atoms with Gasteiger partial charge in [0.2, 0.25) is 0 Å². The minimum absolute atomic E-state index is 0. The SMILES string of the molecule is CCN(CC)C(=O)c1ccc(CNC(=NC)NCCc2ccccc2)cc1.I. The minimum Gasteiger partial charge on any atom is -0.356 e. The van der Waals surface area contributed by atoms with Gasteiger partial charge in [0.05, 0.1) is 0 Å². The van der Waals surface area contributed by atoms with Crippen molar-refractivity contribution in [2.75, 3.05) is 26.7 Å². The highest BCUT2D eigenvalue weighted by molar-refractivity contribution is 14.0. The number of carbonyl (C=O) groups excluding carboxylic acids is 1. The Hall–Kier alpha value is -2.09. The monoisotopic (exact) mass is 494 g/mol. The van der Waals surface area contributed by atoms with Crippen LogP contribution >= 0.6 is 24.0 Å². The molecule has 0 aliphatic rings. The second-order valence-electron chi connectivity index (χ2n) is 6.26. The smallest absolute Gasteiger partial charge is 0.253 e. The number of halogens is 1. The van der Waals surface area contributed by atoms with Crippen molar-refractivity contribution in [3.63, 3.8) is 0 Å². The zero-order valence-corrected chi connectivity index (χ0v) is 19.3. The predicted molar refractivity (Wildman–Crippen MR) is 127 cm³/mol. The molecule has 2 aromatic rings. The maximum absolute atomic E-state index is 12.3. The van der Waals surface area contributed by atoms with Gasteiger partial charge in [-0.2, -0.15) is 0 Å². The normalized spacial score (nSPS) is 10.8. The van der Waals surface area contributed by atoms with E-state index in [9.17, 15) is 4.79 Å². The van der Waals surface area contributed by atoms with Crippen molar-refractivity contribution in [3.05, 3.63) is 71.3 Å². The number of benzene rings is 2. The molecule has 0 atom stereocenters. The van der Waals surface area contributed by atoms with Crippen molar-refractivity contribution in [1.82, 2.24) is 15.5 Å². The molecule has 0 unspecified atom stereocenters. The molecule has 1 amide bonds. The van der Waals surface area contributed by atoms with Gasteiger partial charge in [-0.3, -0.25) is 9.79 Å². The first-order chi connectivity index (χ1) is 13.2. The molecule has 0 heterocycles. The molecule has 0 saturated heterocycles. The van der Waals surface area contributed by atoms with E-state index in [1.165, 1.54) is 5.56 Å². The third-order valence-electron chi connectivity index (χ3n) is 4.48. The number of aliphatic imine (C=N–C) groups is 1. The van der Waals surface area contributed by atoms with E-state index in [2.05, 4.69) is 39.9 Å². The number of nitrogens with one attached hydrogen (secondary N) is 2. The summed E-state index contributed by atoms with van der Waals surface area (Å²) in [6.07, 6.45) is 0.948. The minimum atomic E-state index is 0. The summed E-state index contributed by atoms with van der Waals surface area (Å²) in [5.41, 5.74) is 3.14. The van der Waals surface area contributed by atoms with Crippen LogP contribution in [0.2, 0.25) is 0 Å². The fourth-order valence-electron chi connectivity index (χ4n) is 2.83. The molecule has 0 fully saturated rings. The molecule has 0 radical (unpaired) electrons. The molecule has 0 saturated carbocycles. The highest BCUT2D eigenvalue weighted by Gasteiger charge is 2.11. The average molecular weight is 494 g/mol. The van der Waals surface area contributed by atoms with E-state index in [4.69, 9.17) is 0 Å². The number of nitrogens with zero attached hydrogens (tertiary/aromatic N) is 2. The van der Waals surface area contributed by atoms with E-state index in [0.717, 1.165) is 43.1 Å². The summed E-state index contributed by atoms with van der Waals surface area (Å²) in [6.45, 7) is 6.92. The van der Waals surface area contributed by atoms with Crippen molar-refractivity contribution < 1.29 is 4.79 Å². The van der Waals surface area contributed by atoms with Gasteiger partial charge in [0.15, 0.2) is 5.96 Å². The van der Waals surface area contributed by atoms with Crippen LogP contribution in [0.5, 0.6) is 0 Å². The molecule has 152 valence electrons. The van der Waals surface area contributed by atoms with Gasteiger partial charge in [-0.1, -0.05) is 42.5 Å². The number of guanidine groups is 1. The van der Waals surface area contributed by atoms with Crippen molar-refractivity contribution in [1.29, 1.82) is 0 Å². The number of amides is 1. The van der Waals surface area contributed by atoms with Crippen molar-refractivity contribution >= 4 is 35.8 Å². The lowest BCUT2D eigenvalue weighted by Gasteiger charge is -2.18.